The van der Waals surface area contributed by atoms with E-state index >= 15 is 4.39 Å². The molecule has 0 atom stereocenters. The molecule has 0 spiro atoms. The van der Waals surface area contributed by atoms with Crippen LogP contribution in [0, 0.1) is 11.2 Å². The van der Waals surface area contributed by atoms with Gasteiger partial charge in [0.15, 0.2) is 11.5 Å². The number of hydrogen-bond donors (Lipinski definition) is 3. The molecular weight excluding hydrogens is 509 g/mol. The highest BCUT2D eigenvalue weighted by Crippen LogP contribution is 2.35. The number of carbonyl (C=O) groups excluding carboxylic acids is 1. The Balaban J connectivity index is 1.54. The SMILES string of the molecule is C=N/C(C)=C\N(C)c1ccnc2nc(-c3n[nH]c4ccc(-c5cncc(NC(=O)CC(C)(C)C)c5)c(F)c34)[nH]c12. The zero-order valence-electron chi connectivity index (χ0n) is 23.0. The highest BCUT2D eigenvalue weighted by molar-refractivity contribution is 5.98. The molecule has 0 radical (unpaired) electrons. The monoisotopic (exact) mass is 539 g/mol. The van der Waals surface area contributed by atoms with Crippen molar-refractivity contribution in [3.05, 3.63) is 60.6 Å². The van der Waals surface area contributed by atoms with Gasteiger partial charge in [0.05, 0.1) is 34.2 Å². The lowest BCUT2D eigenvalue weighted by atomic mass is 9.92. The molecule has 0 saturated heterocycles. The van der Waals surface area contributed by atoms with Gasteiger partial charge in [-0.15, -0.1) is 0 Å². The van der Waals surface area contributed by atoms with E-state index in [1.165, 1.54) is 0 Å². The number of allylic oxidation sites excluding steroid dienone is 1. The van der Waals surface area contributed by atoms with Crippen LogP contribution < -0.4 is 10.2 Å². The second-order valence-electron chi connectivity index (χ2n) is 10.8. The Morgan fingerprint density at radius 3 is 2.80 bits per heavy atom. The van der Waals surface area contributed by atoms with Crippen LogP contribution in [-0.2, 0) is 4.79 Å². The Morgan fingerprint density at radius 2 is 2.05 bits per heavy atom. The number of aliphatic imine (C=N–C) groups is 1. The fraction of sp³-hybridized carbons (Fsp3) is 0.241. The van der Waals surface area contributed by atoms with Crippen molar-refractivity contribution >= 4 is 46.1 Å². The summed E-state index contributed by atoms with van der Waals surface area (Å²) in [7, 11) is 1.88. The molecule has 0 fully saturated rings. The van der Waals surface area contributed by atoms with E-state index in [0.717, 1.165) is 11.4 Å². The highest BCUT2D eigenvalue weighted by atomic mass is 19.1. The van der Waals surface area contributed by atoms with Gasteiger partial charge in [-0.3, -0.25) is 19.9 Å². The summed E-state index contributed by atoms with van der Waals surface area (Å²) < 4.78 is 16.1. The van der Waals surface area contributed by atoms with Gasteiger partial charge >= 0.3 is 0 Å². The molecule has 1 amide bonds. The van der Waals surface area contributed by atoms with Crippen molar-refractivity contribution in [2.45, 2.75) is 34.1 Å². The number of pyridine rings is 2. The van der Waals surface area contributed by atoms with Crippen LogP contribution >= 0.6 is 0 Å². The maximum atomic E-state index is 16.1. The van der Waals surface area contributed by atoms with Gasteiger partial charge in [-0.25, -0.2) is 14.4 Å². The molecule has 0 unspecified atom stereocenters. The van der Waals surface area contributed by atoms with Gasteiger partial charge in [0.2, 0.25) is 5.91 Å². The molecule has 0 bridgehead atoms. The van der Waals surface area contributed by atoms with Gasteiger partial charge in [0.25, 0.3) is 0 Å². The number of hydrogen-bond acceptors (Lipinski definition) is 7. The van der Waals surface area contributed by atoms with Crippen molar-refractivity contribution in [3.8, 4) is 22.6 Å². The minimum atomic E-state index is -0.484. The Morgan fingerprint density at radius 1 is 1.25 bits per heavy atom. The van der Waals surface area contributed by atoms with Gasteiger partial charge in [-0.05, 0) is 43.3 Å². The Kier molecular flexibility index (Phi) is 6.88. The third kappa shape index (κ3) is 5.31. The summed E-state index contributed by atoms with van der Waals surface area (Å²) in [5, 5.41) is 10.4. The molecular formula is C29H30FN9O. The molecule has 1 aromatic carbocycles. The zero-order valence-corrected chi connectivity index (χ0v) is 23.0. The van der Waals surface area contributed by atoms with Crippen LogP contribution in [0.25, 0.3) is 44.7 Å². The van der Waals surface area contributed by atoms with E-state index in [2.05, 4.69) is 47.2 Å². The minimum absolute atomic E-state index is 0.130. The molecule has 10 nitrogen and oxygen atoms in total. The van der Waals surface area contributed by atoms with Crippen LogP contribution in [0.3, 0.4) is 0 Å². The molecule has 0 saturated carbocycles. The minimum Gasteiger partial charge on any atom is -0.347 e. The Bertz CT molecular complexity index is 1780. The summed E-state index contributed by atoms with van der Waals surface area (Å²) in [5.74, 6) is -0.244. The third-order valence-corrected chi connectivity index (χ3v) is 6.30. The first-order valence-electron chi connectivity index (χ1n) is 12.7. The standard InChI is InChI=1S/C29H30FN9O/c1-16(31-5)15-39(6)21-9-10-33-27-25(21)35-28(36-27)26-23-20(37-38-26)8-7-19(24(23)30)17-11-18(14-32-13-17)34-22(40)12-29(2,3)4/h7-11,13-15H,5,12H2,1-4,6H3,(H,34,40)(H,37,38)(H,33,35,36)/b16-15-. The molecule has 4 aromatic heterocycles. The Hall–Kier alpha value is -4.93. The second-order valence-corrected chi connectivity index (χ2v) is 10.8. The average Bonchev–Trinajstić information content (AvgIpc) is 3.52. The predicted molar refractivity (Wildman–Crippen MR) is 157 cm³/mol. The van der Waals surface area contributed by atoms with Gasteiger partial charge < -0.3 is 15.2 Å². The lowest BCUT2D eigenvalue weighted by Crippen LogP contribution is -2.19. The van der Waals surface area contributed by atoms with E-state index in [9.17, 15) is 4.79 Å². The summed E-state index contributed by atoms with van der Waals surface area (Å²) in [6.07, 6.45) is 6.95. The quantitative estimate of drug-likeness (QED) is 0.215. The smallest absolute Gasteiger partial charge is 0.224 e. The first-order chi connectivity index (χ1) is 19.0. The summed E-state index contributed by atoms with van der Waals surface area (Å²) in [5.41, 5.74) is 4.70. The number of amides is 1. The fourth-order valence-electron chi connectivity index (χ4n) is 4.50. The van der Waals surface area contributed by atoms with Crippen LogP contribution in [0.2, 0.25) is 0 Å². The molecule has 3 N–H and O–H groups in total. The average molecular weight is 540 g/mol. The predicted octanol–water partition coefficient (Wildman–Crippen LogP) is 6.08. The fourth-order valence-corrected chi connectivity index (χ4v) is 4.50. The Labute approximate surface area is 230 Å². The molecule has 11 heteroatoms. The third-order valence-electron chi connectivity index (χ3n) is 6.30. The largest absolute Gasteiger partial charge is 0.347 e. The summed E-state index contributed by atoms with van der Waals surface area (Å²) in [6.45, 7) is 11.4. The van der Waals surface area contributed by atoms with E-state index in [1.807, 2.05) is 51.9 Å². The maximum Gasteiger partial charge on any atom is 0.224 e. The number of nitrogens with one attached hydrogen (secondary N) is 3. The van der Waals surface area contributed by atoms with E-state index in [1.54, 1.807) is 36.8 Å². The van der Waals surface area contributed by atoms with Crippen molar-refractivity contribution in [2.75, 3.05) is 17.3 Å². The second kappa shape index (κ2) is 10.3. The van der Waals surface area contributed by atoms with Crippen molar-refractivity contribution in [1.82, 2.24) is 30.1 Å². The first kappa shape index (κ1) is 26.7. The van der Waals surface area contributed by atoms with Crippen molar-refractivity contribution in [1.29, 1.82) is 0 Å². The van der Waals surface area contributed by atoms with Crippen LogP contribution in [0.4, 0.5) is 15.8 Å². The topological polar surface area (TPSA) is 128 Å². The summed E-state index contributed by atoms with van der Waals surface area (Å²) in [4.78, 5) is 34.7. The summed E-state index contributed by atoms with van der Waals surface area (Å²) in [6, 6.07) is 6.97. The number of fused-ring (bicyclic) bond motifs is 2. The van der Waals surface area contributed by atoms with E-state index in [0.29, 0.717) is 51.4 Å². The molecule has 0 aliphatic heterocycles. The number of anilines is 2. The van der Waals surface area contributed by atoms with Crippen molar-refractivity contribution < 1.29 is 9.18 Å². The number of nitrogens with zero attached hydrogens (tertiary/aromatic N) is 6. The normalized spacial score (nSPS) is 12.2. The van der Waals surface area contributed by atoms with Crippen LogP contribution in [0.1, 0.15) is 34.1 Å². The number of benzene rings is 1. The van der Waals surface area contributed by atoms with Gasteiger partial charge in [0, 0.05) is 43.2 Å². The molecule has 5 aromatic rings. The van der Waals surface area contributed by atoms with E-state index in [-0.39, 0.29) is 16.7 Å². The maximum absolute atomic E-state index is 16.1. The number of H-pyrrole nitrogens is 2. The first-order valence-corrected chi connectivity index (χ1v) is 12.7. The molecule has 0 aliphatic carbocycles. The molecule has 4 heterocycles. The van der Waals surface area contributed by atoms with Crippen LogP contribution in [0.5, 0.6) is 0 Å². The molecule has 5 rings (SSSR count). The van der Waals surface area contributed by atoms with Crippen LogP contribution in [-0.4, -0.2) is 49.8 Å². The number of carbonyl (C=O) groups is 1. The highest BCUT2D eigenvalue weighted by Gasteiger charge is 2.21. The van der Waals surface area contributed by atoms with E-state index in [4.69, 9.17) is 0 Å². The lowest BCUT2D eigenvalue weighted by Gasteiger charge is -2.17. The number of aromatic amines is 2. The van der Waals surface area contributed by atoms with Crippen molar-refractivity contribution in [3.63, 3.8) is 0 Å². The molecule has 40 heavy (non-hydrogen) atoms. The lowest BCUT2D eigenvalue weighted by molar-refractivity contribution is -0.117. The zero-order chi connectivity index (χ0) is 28.6. The van der Waals surface area contributed by atoms with Gasteiger partial charge in [0.1, 0.15) is 17.0 Å². The van der Waals surface area contributed by atoms with Crippen LogP contribution in [0.15, 0.2) is 59.7 Å². The van der Waals surface area contributed by atoms with Gasteiger partial charge in [-0.1, -0.05) is 20.8 Å². The number of halogens is 1. The molecule has 204 valence electrons. The number of aromatic nitrogens is 6. The number of imidazole rings is 1. The van der Waals surface area contributed by atoms with Gasteiger partial charge in [-0.2, -0.15) is 5.10 Å². The van der Waals surface area contributed by atoms with Crippen molar-refractivity contribution in [2.24, 2.45) is 10.4 Å². The van der Waals surface area contributed by atoms with E-state index < -0.39 is 5.82 Å². The summed E-state index contributed by atoms with van der Waals surface area (Å²) >= 11 is 0. The molecule has 0 aliphatic rings. The number of rotatable bonds is 7.